The highest BCUT2D eigenvalue weighted by molar-refractivity contribution is 7.48. The molecule has 0 bridgehead atoms. The molecule has 16 nitrogen and oxygen atoms in total. The Kier molecular flexibility index (Phi) is 24.8. The Morgan fingerprint density at radius 1 is 0.393 bits per heavy atom. The summed E-state index contributed by atoms with van der Waals surface area (Å²) in [6.45, 7) is 23.8. The second kappa shape index (κ2) is 27.0. The molecule has 0 atom stereocenters. The van der Waals surface area contributed by atoms with E-state index >= 15 is 4.57 Å². The number of carbonyl (C=O) groups is 6. The maximum Gasteiger partial charge on any atom is 0.476 e. The molecular weight excluding hydrogens is 755 g/mol. The number of hydrogen-bond donors (Lipinski definition) is 0. The molecule has 314 valence electrons. The van der Waals surface area contributed by atoms with Gasteiger partial charge in [0.1, 0.15) is 0 Å². The van der Waals surface area contributed by atoms with Crippen LogP contribution in [0.15, 0.2) is 75.9 Å². The van der Waals surface area contributed by atoms with E-state index in [1.807, 2.05) is 0 Å². The normalized spacial score (nSPS) is 11.6. The zero-order valence-electron chi connectivity index (χ0n) is 32.8. The minimum atomic E-state index is -5.02. The zero-order chi connectivity index (χ0) is 42.7. The molecule has 0 aromatic carbocycles. The molecule has 0 amide bonds. The van der Waals surface area contributed by atoms with Crippen LogP contribution in [0.25, 0.3) is 0 Å². The fourth-order valence-electron chi connectivity index (χ4n) is 5.05. The van der Waals surface area contributed by atoms with E-state index in [4.69, 9.17) is 42.0 Å². The van der Waals surface area contributed by atoms with Gasteiger partial charge in [-0.2, -0.15) is 0 Å². The molecule has 0 spiro atoms. The van der Waals surface area contributed by atoms with Crippen LogP contribution < -0.4 is 0 Å². The van der Waals surface area contributed by atoms with Crippen molar-refractivity contribution in [3.63, 3.8) is 0 Å². The topological polar surface area (TPSA) is 203 Å². The fourth-order valence-corrected chi connectivity index (χ4v) is 7.52. The third kappa shape index (κ3) is 19.8. The Bertz CT molecular complexity index is 1190. The van der Waals surface area contributed by atoms with Crippen LogP contribution in [0.4, 0.5) is 0 Å². The van der Waals surface area contributed by atoms with Gasteiger partial charge in [-0.15, -0.1) is 0 Å². The average molecular weight is 813 g/mol. The van der Waals surface area contributed by atoms with Gasteiger partial charge in [-0.25, -0.2) is 33.3 Å². The molecule has 0 saturated carbocycles. The lowest BCUT2D eigenvalue weighted by atomic mass is 9.93. The van der Waals surface area contributed by atoms with Crippen molar-refractivity contribution < 1.29 is 75.3 Å². The minimum Gasteiger partial charge on any atom is -0.462 e. The molecule has 0 N–H and O–H groups in total. The van der Waals surface area contributed by atoms with Crippen molar-refractivity contribution in [2.24, 2.45) is 0 Å². The van der Waals surface area contributed by atoms with E-state index < -0.39 is 60.4 Å². The highest BCUT2D eigenvalue weighted by Gasteiger charge is 2.50. The molecule has 56 heavy (non-hydrogen) atoms. The van der Waals surface area contributed by atoms with Gasteiger partial charge in [0.2, 0.25) is 0 Å². The molecule has 0 heterocycles. The molecule has 0 rings (SSSR count). The van der Waals surface area contributed by atoms with Crippen LogP contribution in [-0.4, -0.2) is 92.3 Å². The largest absolute Gasteiger partial charge is 0.476 e. The molecule has 0 radical (unpaired) electrons. The van der Waals surface area contributed by atoms with Crippen LogP contribution in [-0.2, 0) is 75.3 Å². The molecular formula is C39H57O16P. The van der Waals surface area contributed by atoms with Gasteiger partial charge in [-0.3, -0.25) is 13.6 Å². The number of rotatable bonds is 33. The standard InChI is InChI=1S/C39H57O16P/c1-10-31(40)47-25-19-37(16-7,20-26-48-32(41)11-2)53-56(46,54-38(17-8,21-27-49-33(42)12-3)22-28-50-34(43)13-4)55-39(18-9,23-29-51-35(44)14-5)24-30-52-36(45)15-6/h10-15H,1-6,16-30H2,7-9H3. The maximum atomic E-state index is 15.6. The summed E-state index contributed by atoms with van der Waals surface area (Å²) in [6.07, 6.45) is 5.24. The summed E-state index contributed by atoms with van der Waals surface area (Å²) in [4.78, 5) is 72.1. The third-order valence-electron chi connectivity index (χ3n) is 8.66. The lowest BCUT2D eigenvalue weighted by molar-refractivity contribution is -0.141. The number of carbonyl (C=O) groups excluding carboxylic acids is 6. The first-order chi connectivity index (χ1) is 26.5. The highest BCUT2D eigenvalue weighted by atomic mass is 31.2. The minimum absolute atomic E-state index is 0.0705. The van der Waals surface area contributed by atoms with E-state index in [-0.39, 0.29) is 97.4 Å². The fraction of sp³-hybridized carbons (Fsp3) is 0.538. The second-order valence-electron chi connectivity index (χ2n) is 12.1. The molecule has 17 heteroatoms. The molecule has 0 aliphatic carbocycles. The second-order valence-corrected chi connectivity index (χ2v) is 13.5. The smallest absolute Gasteiger partial charge is 0.462 e. The number of phosphoric ester groups is 1. The number of esters is 6. The first kappa shape index (κ1) is 51.4. The van der Waals surface area contributed by atoms with Crippen LogP contribution in [0.1, 0.15) is 78.6 Å². The van der Waals surface area contributed by atoms with Crippen LogP contribution in [0.3, 0.4) is 0 Å². The highest BCUT2D eigenvalue weighted by Crippen LogP contribution is 2.62. The molecule has 0 fully saturated rings. The first-order valence-corrected chi connectivity index (χ1v) is 19.5. The third-order valence-corrected chi connectivity index (χ3v) is 10.5. The van der Waals surface area contributed by atoms with Crippen LogP contribution in [0.2, 0.25) is 0 Å². The van der Waals surface area contributed by atoms with E-state index in [0.717, 1.165) is 36.5 Å². The predicted octanol–water partition coefficient (Wildman–Crippen LogP) is 6.31. The van der Waals surface area contributed by atoms with Gasteiger partial charge in [0.05, 0.1) is 56.4 Å². The lowest BCUT2D eigenvalue weighted by Crippen LogP contribution is -2.42. The Hall–Kier alpha value is -4.63. The summed E-state index contributed by atoms with van der Waals surface area (Å²) in [5.41, 5.74) is -4.65. The Labute approximate surface area is 329 Å². The van der Waals surface area contributed by atoms with E-state index in [0.29, 0.717) is 0 Å². The zero-order valence-corrected chi connectivity index (χ0v) is 33.7. The average Bonchev–Trinajstić information content (AvgIpc) is 3.19. The Morgan fingerprint density at radius 2 is 0.554 bits per heavy atom. The maximum absolute atomic E-state index is 15.6. The monoisotopic (exact) mass is 812 g/mol. The predicted molar refractivity (Wildman–Crippen MR) is 205 cm³/mol. The Balaban J connectivity index is 7.60. The van der Waals surface area contributed by atoms with Crippen LogP contribution >= 0.6 is 7.82 Å². The van der Waals surface area contributed by atoms with Crippen molar-refractivity contribution >= 4 is 43.6 Å². The lowest BCUT2D eigenvalue weighted by Gasteiger charge is -2.43. The van der Waals surface area contributed by atoms with Gasteiger partial charge in [-0.05, 0) is 19.3 Å². The van der Waals surface area contributed by atoms with Crippen molar-refractivity contribution in [3.05, 3.63) is 75.9 Å². The summed E-state index contributed by atoms with van der Waals surface area (Å²) in [5, 5.41) is 0. The van der Waals surface area contributed by atoms with Crippen LogP contribution in [0.5, 0.6) is 0 Å². The van der Waals surface area contributed by atoms with Gasteiger partial charge in [-0.1, -0.05) is 60.2 Å². The quantitative estimate of drug-likeness (QED) is 0.0309. The van der Waals surface area contributed by atoms with Crippen molar-refractivity contribution in [1.82, 2.24) is 0 Å². The Morgan fingerprint density at radius 3 is 0.679 bits per heavy atom. The molecule has 0 saturated heterocycles. The molecule has 0 aromatic rings. The summed E-state index contributed by atoms with van der Waals surface area (Å²) in [7, 11) is -5.02. The van der Waals surface area contributed by atoms with E-state index in [2.05, 4.69) is 39.5 Å². The molecule has 0 aliphatic heterocycles. The van der Waals surface area contributed by atoms with E-state index in [1.165, 1.54) is 0 Å². The molecule has 0 aromatic heterocycles. The van der Waals surface area contributed by atoms with Gasteiger partial charge >= 0.3 is 43.6 Å². The molecule has 0 aliphatic rings. The number of phosphoric acid groups is 1. The van der Waals surface area contributed by atoms with Crippen LogP contribution in [0, 0.1) is 0 Å². The van der Waals surface area contributed by atoms with Crippen molar-refractivity contribution in [2.45, 2.75) is 95.4 Å². The SMILES string of the molecule is C=CC(=O)OCCC(CC)(CCOC(=O)C=C)OP(=O)(OC(CC)(CCOC(=O)C=C)CCOC(=O)C=C)OC(CC)(CCOC(=O)C=C)CCOC(=O)C=C. The van der Waals surface area contributed by atoms with Crippen molar-refractivity contribution in [2.75, 3.05) is 39.6 Å². The first-order valence-electron chi connectivity index (χ1n) is 18.0. The molecule has 0 unspecified atom stereocenters. The number of hydrogen-bond acceptors (Lipinski definition) is 16. The van der Waals surface area contributed by atoms with Gasteiger partial charge in [0, 0.05) is 75.0 Å². The summed E-state index contributed by atoms with van der Waals surface area (Å²) in [6, 6.07) is 0. The number of ether oxygens (including phenoxy) is 6. The van der Waals surface area contributed by atoms with Gasteiger partial charge in [0.25, 0.3) is 0 Å². The summed E-state index contributed by atoms with van der Waals surface area (Å²) in [5.74, 6) is -4.47. The van der Waals surface area contributed by atoms with Crippen molar-refractivity contribution in [1.29, 1.82) is 0 Å². The summed E-state index contributed by atoms with van der Waals surface area (Å²) >= 11 is 0. The van der Waals surface area contributed by atoms with E-state index in [9.17, 15) is 28.8 Å². The van der Waals surface area contributed by atoms with E-state index in [1.54, 1.807) is 20.8 Å². The van der Waals surface area contributed by atoms with Gasteiger partial charge < -0.3 is 28.4 Å². The van der Waals surface area contributed by atoms with Crippen molar-refractivity contribution in [3.8, 4) is 0 Å². The summed E-state index contributed by atoms with van der Waals surface area (Å²) < 4.78 is 66.6. The van der Waals surface area contributed by atoms with Gasteiger partial charge in [0.15, 0.2) is 0 Å².